The van der Waals surface area contributed by atoms with Crippen LogP contribution >= 0.6 is 11.3 Å². The van der Waals surface area contributed by atoms with Crippen LogP contribution in [0.4, 0.5) is 0 Å². The predicted molar refractivity (Wildman–Crippen MR) is 150 cm³/mol. The number of piperazine rings is 1. The first-order valence-electron chi connectivity index (χ1n) is 12.5. The van der Waals surface area contributed by atoms with Crippen molar-refractivity contribution < 1.29 is 22.8 Å². The van der Waals surface area contributed by atoms with Crippen LogP contribution in [-0.2, 0) is 14.6 Å². The fraction of sp³-hybridized carbons (Fsp3) is 0.207. The molecule has 39 heavy (non-hydrogen) atoms. The third-order valence-corrected chi connectivity index (χ3v) is 9.53. The average molecular weight is 562 g/mol. The molecular weight excluding hydrogens is 534 g/mol. The van der Waals surface area contributed by atoms with Gasteiger partial charge in [-0.1, -0.05) is 60.2 Å². The Balaban J connectivity index is 1.35. The van der Waals surface area contributed by atoms with Gasteiger partial charge in [-0.15, -0.1) is 11.3 Å². The van der Waals surface area contributed by atoms with Crippen molar-refractivity contribution in [2.75, 3.05) is 26.2 Å². The normalized spacial score (nSPS) is 14.7. The summed E-state index contributed by atoms with van der Waals surface area (Å²) >= 11 is 1.15. The zero-order chi connectivity index (χ0) is 27.6. The van der Waals surface area contributed by atoms with Gasteiger partial charge in [0.05, 0.1) is 9.77 Å². The third-order valence-electron chi connectivity index (χ3n) is 6.79. The van der Waals surface area contributed by atoms with Crippen molar-refractivity contribution in [2.45, 2.75) is 17.2 Å². The summed E-state index contributed by atoms with van der Waals surface area (Å²) in [5.41, 5.74) is 1.45. The van der Waals surface area contributed by atoms with E-state index in [1.807, 2.05) is 43.3 Å². The second kappa shape index (κ2) is 11.0. The van der Waals surface area contributed by atoms with Crippen LogP contribution in [0.1, 0.15) is 25.6 Å². The quantitative estimate of drug-likeness (QED) is 0.387. The highest BCUT2D eigenvalue weighted by molar-refractivity contribution is 7.92. The lowest BCUT2D eigenvalue weighted by molar-refractivity contribution is -0.132. The van der Waals surface area contributed by atoms with Crippen LogP contribution in [0, 0.1) is 6.92 Å². The van der Waals surface area contributed by atoms with Gasteiger partial charge in [-0.25, -0.2) is 8.42 Å². The summed E-state index contributed by atoms with van der Waals surface area (Å²) in [7, 11) is -4.25. The zero-order valence-electron chi connectivity index (χ0n) is 21.2. The molecule has 0 saturated carbocycles. The molecule has 3 amide bonds. The fourth-order valence-electron chi connectivity index (χ4n) is 4.61. The number of amides is 3. The molecule has 0 radical (unpaired) electrons. The number of rotatable bonds is 6. The number of benzene rings is 3. The Labute approximate surface area is 230 Å². The van der Waals surface area contributed by atoms with Crippen LogP contribution in [0.25, 0.3) is 10.8 Å². The van der Waals surface area contributed by atoms with E-state index in [1.165, 1.54) is 17.0 Å². The standard InChI is InChI=1S/C29H27N3O5S2/c1-20-11-13-22(14-12-20)39(36,37)27(30-26(33)25-10-5-19-38-25)29(35)32-17-15-31(16-18-32)28(34)24-9-4-7-21-6-2-3-8-23(21)24/h2-14,19,27H,15-18H2,1H3,(H,30,33). The van der Waals surface area contributed by atoms with E-state index in [1.54, 1.807) is 40.6 Å². The van der Waals surface area contributed by atoms with E-state index in [9.17, 15) is 22.8 Å². The number of fused-ring (bicyclic) bond motifs is 1. The molecule has 1 aliphatic heterocycles. The van der Waals surface area contributed by atoms with Gasteiger partial charge < -0.3 is 15.1 Å². The van der Waals surface area contributed by atoms with E-state index < -0.39 is 27.0 Å². The van der Waals surface area contributed by atoms with Crippen molar-refractivity contribution in [1.82, 2.24) is 15.1 Å². The smallest absolute Gasteiger partial charge is 0.262 e. The minimum atomic E-state index is -4.25. The molecule has 10 heteroatoms. The molecule has 1 aliphatic rings. The molecule has 3 aromatic carbocycles. The third kappa shape index (κ3) is 5.43. The van der Waals surface area contributed by atoms with Gasteiger partial charge in [0, 0.05) is 31.7 Å². The highest BCUT2D eigenvalue weighted by atomic mass is 32.2. The van der Waals surface area contributed by atoms with Crippen molar-refractivity contribution in [3.63, 3.8) is 0 Å². The first kappa shape index (κ1) is 26.6. The summed E-state index contributed by atoms with van der Waals surface area (Å²) in [5.74, 6) is -1.50. The Morgan fingerprint density at radius 3 is 2.18 bits per heavy atom. The van der Waals surface area contributed by atoms with Crippen LogP contribution in [-0.4, -0.2) is 67.5 Å². The Morgan fingerprint density at radius 1 is 0.821 bits per heavy atom. The van der Waals surface area contributed by atoms with E-state index >= 15 is 0 Å². The minimum absolute atomic E-state index is 0.0531. The van der Waals surface area contributed by atoms with Gasteiger partial charge in [-0.3, -0.25) is 14.4 Å². The second-order valence-corrected chi connectivity index (χ2v) is 12.3. The summed E-state index contributed by atoms with van der Waals surface area (Å²) in [6.45, 7) is 2.60. The Bertz CT molecular complexity index is 1620. The van der Waals surface area contributed by atoms with Crippen molar-refractivity contribution in [2.24, 2.45) is 0 Å². The lowest BCUT2D eigenvalue weighted by Crippen LogP contribution is -2.57. The van der Waals surface area contributed by atoms with Gasteiger partial charge >= 0.3 is 0 Å². The second-order valence-electron chi connectivity index (χ2n) is 9.33. The molecule has 5 rings (SSSR count). The van der Waals surface area contributed by atoms with Crippen LogP contribution < -0.4 is 5.32 Å². The molecular formula is C29H27N3O5S2. The first-order valence-corrected chi connectivity index (χ1v) is 14.9. The summed E-state index contributed by atoms with van der Waals surface area (Å²) < 4.78 is 27.2. The Morgan fingerprint density at radius 2 is 1.49 bits per heavy atom. The number of sulfone groups is 1. The van der Waals surface area contributed by atoms with E-state index in [0.717, 1.165) is 27.7 Å². The number of thiophene rings is 1. The lowest BCUT2D eigenvalue weighted by Gasteiger charge is -2.36. The molecule has 200 valence electrons. The Hall–Kier alpha value is -4.02. The van der Waals surface area contributed by atoms with Crippen molar-refractivity contribution >= 4 is 49.7 Å². The van der Waals surface area contributed by atoms with Crippen molar-refractivity contribution in [3.05, 3.63) is 100 Å². The SMILES string of the molecule is Cc1ccc(S(=O)(=O)C(NC(=O)c2cccs2)C(=O)N2CCN(C(=O)c3cccc4ccccc34)CC2)cc1. The van der Waals surface area contributed by atoms with E-state index in [-0.39, 0.29) is 37.0 Å². The largest absolute Gasteiger partial charge is 0.336 e. The monoisotopic (exact) mass is 561 g/mol. The van der Waals surface area contributed by atoms with Gasteiger partial charge in [0.1, 0.15) is 0 Å². The highest BCUT2D eigenvalue weighted by Crippen LogP contribution is 2.22. The number of aryl methyl sites for hydroxylation is 1. The average Bonchev–Trinajstić information content (AvgIpc) is 3.50. The molecule has 1 saturated heterocycles. The zero-order valence-corrected chi connectivity index (χ0v) is 22.9. The molecule has 1 atom stereocenters. The van der Waals surface area contributed by atoms with Crippen molar-refractivity contribution in [3.8, 4) is 0 Å². The fourth-order valence-corrected chi connectivity index (χ4v) is 6.70. The summed E-state index contributed by atoms with van der Waals surface area (Å²) in [4.78, 5) is 43.2. The predicted octanol–water partition coefficient (Wildman–Crippen LogP) is 3.72. The van der Waals surface area contributed by atoms with Crippen LogP contribution in [0.5, 0.6) is 0 Å². The van der Waals surface area contributed by atoms with E-state index in [4.69, 9.17) is 0 Å². The molecule has 4 aromatic rings. The number of hydrogen-bond acceptors (Lipinski definition) is 6. The molecule has 0 spiro atoms. The van der Waals surface area contributed by atoms with Crippen molar-refractivity contribution in [1.29, 1.82) is 0 Å². The number of carbonyl (C=O) groups is 3. The minimum Gasteiger partial charge on any atom is -0.336 e. The molecule has 8 nitrogen and oxygen atoms in total. The molecule has 2 heterocycles. The van der Waals surface area contributed by atoms with Gasteiger partial charge in [-0.05, 0) is 47.3 Å². The highest BCUT2D eigenvalue weighted by Gasteiger charge is 2.40. The number of carbonyl (C=O) groups excluding carboxylic acids is 3. The maximum Gasteiger partial charge on any atom is 0.262 e. The van der Waals surface area contributed by atoms with E-state index in [2.05, 4.69) is 5.32 Å². The molecule has 1 unspecified atom stereocenters. The maximum absolute atomic E-state index is 13.6. The summed E-state index contributed by atoms with van der Waals surface area (Å²) in [6, 6.07) is 22.6. The first-order chi connectivity index (χ1) is 18.8. The molecule has 1 fully saturated rings. The summed E-state index contributed by atoms with van der Waals surface area (Å²) in [5, 5.41) is 4.18. The van der Waals surface area contributed by atoms with E-state index in [0.29, 0.717) is 10.4 Å². The van der Waals surface area contributed by atoms with Gasteiger partial charge in [-0.2, -0.15) is 0 Å². The topological polar surface area (TPSA) is 104 Å². The van der Waals surface area contributed by atoms with Gasteiger partial charge in [0.15, 0.2) is 0 Å². The molecule has 0 bridgehead atoms. The summed E-state index contributed by atoms with van der Waals surface area (Å²) in [6.07, 6.45) is 0. The molecule has 0 aliphatic carbocycles. The van der Waals surface area contributed by atoms with Gasteiger partial charge in [0.25, 0.3) is 17.7 Å². The molecule has 1 N–H and O–H groups in total. The van der Waals surface area contributed by atoms with Crippen LogP contribution in [0.2, 0.25) is 0 Å². The Kier molecular flexibility index (Phi) is 7.49. The van der Waals surface area contributed by atoms with Crippen LogP contribution in [0.15, 0.2) is 89.1 Å². The van der Waals surface area contributed by atoms with Crippen LogP contribution in [0.3, 0.4) is 0 Å². The number of hydrogen-bond donors (Lipinski definition) is 1. The molecule has 1 aromatic heterocycles. The number of nitrogens with one attached hydrogen (secondary N) is 1. The lowest BCUT2D eigenvalue weighted by atomic mass is 10.0. The number of nitrogens with zero attached hydrogens (tertiary/aromatic N) is 2. The maximum atomic E-state index is 13.6. The van der Waals surface area contributed by atoms with Gasteiger partial charge in [0.2, 0.25) is 15.2 Å².